The minimum absolute atomic E-state index is 0.110. The maximum absolute atomic E-state index is 12.6. The van der Waals surface area contributed by atoms with Crippen molar-refractivity contribution in [2.45, 2.75) is 25.4 Å². The Bertz CT molecular complexity index is 880. The van der Waals surface area contributed by atoms with Gasteiger partial charge in [-0.2, -0.15) is 0 Å². The standard InChI is InChI=1S/C21H23N3O5/c1-28-16-7-3-14(4-8-16)13-24-20(26)18(23-21(24)27)11-12-19(25)22-15-5-9-17(29-2)10-6-15/h3-10,18H,11-13H2,1-2H3,(H,22,25)(H,23,27)/t18-/m0/s1. The molecule has 0 bridgehead atoms. The van der Waals surface area contributed by atoms with Crippen LogP contribution in [-0.2, 0) is 16.1 Å². The second kappa shape index (κ2) is 9.09. The van der Waals surface area contributed by atoms with Crippen LogP contribution < -0.4 is 20.1 Å². The lowest BCUT2D eigenvalue weighted by molar-refractivity contribution is -0.128. The Morgan fingerprint density at radius 3 is 2.17 bits per heavy atom. The number of hydrogen-bond acceptors (Lipinski definition) is 5. The largest absolute Gasteiger partial charge is 0.497 e. The third kappa shape index (κ3) is 5.04. The van der Waals surface area contributed by atoms with Gasteiger partial charge >= 0.3 is 6.03 Å². The summed E-state index contributed by atoms with van der Waals surface area (Å²) in [7, 11) is 3.14. The Kier molecular flexibility index (Phi) is 6.33. The van der Waals surface area contributed by atoms with Gasteiger partial charge in [0.2, 0.25) is 5.91 Å². The van der Waals surface area contributed by atoms with Gasteiger partial charge < -0.3 is 20.1 Å². The Balaban J connectivity index is 1.51. The molecular formula is C21H23N3O5. The van der Waals surface area contributed by atoms with Crippen LogP contribution >= 0.6 is 0 Å². The fourth-order valence-corrected chi connectivity index (χ4v) is 3.01. The first kappa shape index (κ1) is 20.2. The first-order valence-corrected chi connectivity index (χ1v) is 9.19. The number of carbonyl (C=O) groups is 3. The molecule has 0 saturated carbocycles. The van der Waals surface area contributed by atoms with Gasteiger partial charge in [0.15, 0.2) is 0 Å². The van der Waals surface area contributed by atoms with Gasteiger partial charge in [0.25, 0.3) is 5.91 Å². The van der Waals surface area contributed by atoms with Crippen molar-refractivity contribution >= 4 is 23.5 Å². The van der Waals surface area contributed by atoms with E-state index in [4.69, 9.17) is 9.47 Å². The summed E-state index contributed by atoms with van der Waals surface area (Å²) in [6.45, 7) is 0.170. The fourth-order valence-electron chi connectivity index (χ4n) is 3.01. The van der Waals surface area contributed by atoms with Crippen molar-refractivity contribution in [2.75, 3.05) is 19.5 Å². The number of methoxy groups -OCH3 is 2. The number of hydrogen-bond donors (Lipinski definition) is 2. The minimum atomic E-state index is -0.706. The highest BCUT2D eigenvalue weighted by molar-refractivity contribution is 6.04. The van der Waals surface area contributed by atoms with Crippen LogP contribution in [0, 0.1) is 0 Å². The van der Waals surface area contributed by atoms with E-state index >= 15 is 0 Å². The first-order valence-electron chi connectivity index (χ1n) is 9.19. The number of nitrogens with zero attached hydrogens (tertiary/aromatic N) is 1. The molecule has 152 valence electrons. The molecule has 2 aromatic carbocycles. The topological polar surface area (TPSA) is 97.0 Å². The average molecular weight is 397 g/mol. The minimum Gasteiger partial charge on any atom is -0.497 e. The number of amides is 4. The zero-order chi connectivity index (χ0) is 20.8. The average Bonchev–Trinajstić information content (AvgIpc) is 3.01. The molecule has 0 spiro atoms. The van der Waals surface area contributed by atoms with E-state index in [2.05, 4.69) is 10.6 Å². The van der Waals surface area contributed by atoms with Crippen LogP contribution in [0.2, 0.25) is 0 Å². The van der Waals surface area contributed by atoms with Crippen molar-refractivity contribution < 1.29 is 23.9 Å². The number of imide groups is 1. The van der Waals surface area contributed by atoms with Crippen LogP contribution in [0.4, 0.5) is 10.5 Å². The summed E-state index contributed by atoms with van der Waals surface area (Å²) < 4.78 is 10.2. The van der Waals surface area contributed by atoms with E-state index in [1.54, 1.807) is 62.8 Å². The fraction of sp³-hybridized carbons (Fsp3) is 0.286. The number of rotatable bonds is 8. The molecule has 8 heteroatoms. The number of carbonyl (C=O) groups excluding carboxylic acids is 3. The van der Waals surface area contributed by atoms with Crippen molar-refractivity contribution in [3.8, 4) is 11.5 Å². The van der Waals surface area contributed by atoms with Crippen LogP contribution in [0.15, 0.2) is 48.5 Å². The van der Waals surface area contributed by atoms with Crippen molar-refractivity contribution in [1.29, 1.82) is 0 Å². The van der Waals surface area contributed by atoms with Gasteiger partial charge in [0.1, 0.15) is 17.5 Å². The molecule has 3 rings (SSSR count). The summed E-state index contributed by atoms with van der Waals surface area (Å²) in [6, 6.07) is 12.9. The highest BCUT2D eigenvalue weighted by Crippen LogP contribution is 2.19. The maximum atomic E-state index is 12.6. The lowest BCUT2D eigenvalue weighted by Gasteiger charge is -2.13. The van der Waals surface area contributed by atoms with Crippen LogP contribution in [0.3, 0.4) is 0 Å². The van der Waals surface area contributed by atoms with E-state index in [-0.39, 0.29) is 31.2 Å². The molecule has 2 N–H and O–H groups in total. The molecule has 1 heterocycles. The summed E-state index contributed by atoms with van der Waals surface area (Å²) in [5.41, 5.74) is 1.45. The van der Waals surface area contributed by atoms with Gasteiger partial charge in [-0.25, -0.2) is 4.79 Å². The number of nitrogens with one attached hydrogen (secondary N) is 2. The Morgan fingerprint density at radius 2 is 1.59 bits per heavy atom. The quantitative estimate of drug-likeness (QED) is 0.667. The third-order valence-corrected chi connectivity index (χ3v) is 4.64. The Morgan fingerprint density at radius 1 is 1.00 bits per heavy atom. The summed E-state index contributed by atoms with van der Waals surface area (Å²) in [4.78, 5) is 38.0. The first-order chi connectivity index (χ1) is 14.0. The van der Waals surface area contributed by atoms with Gasteiger partial charge in [-0.1, -0.05) is 12.1 Å². The predicted octanol–water partition coefficient (Wildman–Crippen LogP) is 2.54. The smallest absolute Gasteiger partial charge is 0.325 e. The van der Waals surface area contributed by atoms with Crippen molar-refractivity contribution in [3.05, 3.63) is 54.1 Å². The van der Waals surface area contributed by atoms with E-state index in [1.807, 2.05) is 0 Å². The molecule has 1 atom stereocenters. The van der Waals surface area contributed by atoms with Gasteiger partial charge in [-0.3, -0.25) is 14.5 Å². The molecule has 1 aliphatic heterocycles. The van der Waals surface area contributed by atoms with E-state index in [0.717, 1.165) is 10.5 Å². The van der Waals surface area contributed by atoms with Crippen LogP contribution in [0.5, 0.6) is 11.5 Å². The molecule has 1 saturated heterocycles. The van der Waals surface area contributed by atoms with Crippen molar-refractivity contribution in [1.82, 2.24) is 10.2 Å². The molecule has 1 fully saturated rings. The van der Waals surface area contributed by atoms with E-state index in [1.165, 1.54) is 0 Å². The predicted molar refractivity (Wildman–Crippen MR) is 107 cm³/mol. The van der Waals surface area contributed by atoms with E-state index < -0.39 is 12.1 Å². The second-order valence-corrected chi connectivity index (χ2v) is 6.59. The second-order valence-electron chi connectivity index (χ2n) is 6.59. The molecule has 0 aromatic heterocycles. The van der Waals surface area contributed by atoms with E-state index in [9.17, 15) is 14.4 Å². The van der Waals surface area contributed by atoms with Gasteiger partial charge in [0.05, 0.1) is 20.8 Å². The summed E-state index contributed by atoms with van der Waals surface area (Å²) in [5.74, 6) is 0.833. The third-order valence-electron chi connectivity index (χ3n) is 4.64. The molecule has 0 aliphatic carbocycles. The highest BCUT2D eigenvalue weighted by atomic mass is 16.5. The molecular weight excluding hydrogens is 374 g/mol. The van der Waals surface area contributed by atoms with E-state index in [0.29, 0.717) is 17.2 Å². The molecule has 2 aromatic rings. The van der Waals surface area contributed by atoms with Gasteiger partial charge in [-0.15, -0.1) is 0 Å². The van der Waals surface area contributed by atoms with Crippen molar-refractivity contribution in [3.63, 3.8) is 0 Å². The van der Waals surface area contributed by atoms with Crippen LogP contribution in [0.25, 0.3) is 0 Å². The van der Waals surface area contributed by atoms with Crippen LogP contribution in [0.1, 0.15) is 18.4 Å². The molecule has 0 unspecified atom stereocenters. The molecule has 4 amide bonds. The zero-order valence-corrected chi connectivity index (χ0v) is 16.3. The highest BCUT2D eigenvalue weighted by Gasteiger charge is 2.37. The molecule has 0 radical (unpaired) electrons. The molecule has 1 aliphatic rings. The number of urea groups is 1. The van der Waals surface area contributed by atoms with Crippen molar-refractivity contribution in [2.24, 2.45) is 0 Å². The Hall–Kier alpha value is -3.55. The lowest BCUT2D eigenvalue weighted by Crippen LogP contribution is -2.31. The molecule has 29 heavy (non-hydrogen) atoms. The summed E-state index contributed by atoms with van der Waals surface area (Å²) in [6.07, 6.45) is 0.338. The summed E-state index contributed by atoms with van der Waals surface area (Å²) in [5, 5.41) is 5.41. The molecule has 8 nitrogen and oxygen atoms in total. The monoisotopic (exact) mass is 397 g/mol. The number of ether oxygens (including phenoxy) is 2. The Labute approximate surface area is 168 Å². The number of benzene rings is 2. The SMILES string of the molecule is COc1ccc(CN2C(=O)N[C@@H](CCC(=O)Nc3ccc(OC)cc3)C2=O)cc1. The maximum Gasteiger partial charge on any atom is 0.325 e. The number of anilines is 1. The normalized spacial score (nSPS) is 15.8. The van der Waals surface area contributed by atoms with Crippen LogP contribution in [-0.4, -0.2) is 43.0 Å². The zero-order valence-electron chi connectivity index (χ0n) is 16.3. The van der Waals surface area contributed by atoms with Gasteiger partial charge in [-0.05, 0) is 48.4 Å². The lowest BCUT2D eigenvalue weighted by atomic mass is 10.1. The summed E-state index contributed by atoms with van der Waals surface area (Å²) >= 11 is 0. The van der Waals surface area contributed by atoms with Gasteiger partial charge in [0, 0.05) is 12.1 Å².